The molecule has 1 heterocycles. The van der Waals surface area contributed by atoms with Gasteiger partial charge in [-0.3, -0.25) is 0 Å². The van der Waals surface area contributed by atoms with Gasteiger partial charge in [-0.25, -0.2) is 4.79 Å². The fraction of sp³-hybridized carbons (Fsp3) is 0.750. The lowest BCUT2D eigenvalue weighted by atomic mass is 9.88. The number of amides is 1. The number of ether oxygens (including phenoxy) is 2. The van der Waals surface area contributed by atoms with Crippen molar-refractivity contribution in [1.82, 2.24) is 10.2 Å². The second kappa shape index (κ2) is 11.5. The maximum absolute atomic E-state index is 12.0. The molecule has 2 rings (SSSR count). The summed E-state index contributed by atoms with van der Waals surface area (Å²) in [5.74, 6) is 0. The first-order valence-corrected chi connectivity index (χ1v) is 10.4. The first-order valence-electron chi connectivity index (χ1n) is 9.48. The van der Waals surface area contributed by atoms with E-state index in [-0.39, 0.29) is 18.2 Å². The van der Waals surface area contributed by atoms with E-state index in [1.165, 1.54) is 5.70 Å². The van der Waals surface area contributed by atoms with Crippen LogP contribution < -0.4 is 5.32 Å². The summed E-state index contributed by atoms with van der Waals surface area (Å²) in [7, 11) is 1.81. The first-order chi connectivity index (χ1) is 12.3. The van der Waals surface area contributed by atoms with Gasteiger partial charge in [-0.15, -0.1) is 0 Å². The van der Waals surface area contributed by atoms with Crippen LogP contribution in [0.25, 0.3) is 0 Å². The predicted molar refractivity (Wildman–Crippen MR) is 110 cm³/mol. The minimum Gasteiger partial charge on any atom is -0.444 e. The number of carbonyl (C=O) groups is 1. The fourth-order valence-electron chi connectivity index (χ4n) is 2.82. The van der Waals surface area contributed by atoms with Crippen LogP contribution in [0.3, 0.4) is 0 Å². The van der Waals surface area contributed by atoms with E-state index in [4.69, 9.17) is 9.47 Å². The predicted octanol–water partition coefficient (Wildman–Crippen LogP) is 4.51. The van der Waals surface area contributed by atoms with Crippen LogP contribution in [0.2, 0.25) is 0 Å². The van der Waals surface area contributed by atoms with E-state index in [0.717, 1.165) is 45.1 Å². The molecule has 0 bridgehead atoms. The molecule has 0 aromatic carbocycles. The Hall–Kier alpha value is -1.14. The van der Waals surface area contributed by atoms with E-state index in [0.29, 0.717) is 0 Å². The van der Waals surface area contributed by atoms with Gasteiger partial charge in [-0.1, -0.05) is 12.2 Å². The Morgan fingerprint density at radius 3 is 2.58 bits per heavy atom. The van der Waals surface area contributed by atoms with Gasteiger partial charge in [-0.2, -0.15) is 12.6 Å². The topological polar surface area (TPSA) is 50.8 Å². The highest BCUT2D eigenvalue weighted by Gasteiger charge is 2.36. The second-order valence-electron chi connectivity index (χ2n) is 7.68. The number of nitrogens with one attached hydrogen (secondary N) is 1. The van der Waals surface area contributed by atoms with Crippen molar-refractivity contribution in [3.05, 3.63) is 24.0 Å². The van der Waals surface area contributed by atoms with Gasteiger partial charge < -0.3 is 19.7 Å². The SMILES string of the molecule is CN(C(=O)OC(C)(C)C)C1CC(OCCCCC2=CCC=CN2)C1.CS. The quantitative estimate of drug-likeness (QED) is 0.501. The zero-order valence-electron chi connectivity index (χ0n) is 17.0. The monoisotopic (exact) mass is 384 g/mol. The van der Waals surface area contributed by atoms with Crippen molar-refractivity contribution in [3.8, 4) is 0 Å². The van der Waals surface area contributed by atoms with E-state index >= 15 is 0 Å². The van der Waals surface area contributed by atoms with Crippen molar-refractivity contribution in [2.75, 3.05) is 19.9 Å². The normalized spacial score (nSPS) is 21.5. The van der Waals surface area contributed by atoms with Crippen LogP contribution in [0.15, 0.2) is 24.0 Å². The summed E-state index contributed by atoms with van der Waals surface area (Å²) in [6.45, 7) is 6.47. The Morgan fingerprint density at radius 1 is 1.31 bits per heavy atom. The third kappa shape index (κ3) is 8.49. The van der Waals surface area contributed by atoms with Crippen molar-refractivity contribution < 1.29 is 14.3 Å². The minimum absolute atomic E-state index is 0.242. The number of allylic oxidation sites excluding steroid dienone is 3. The Morgan fingerprint density at radius 2 is 2.00 bits per heavy atom. The number of thiol groups is 1. The number of unbranched alkanes of at least 4 members (excludes halogenated alkanes) is 1. The van der Waals surface area contributed by atoms with E-state index in [1.54, 1.807) is 11.2 Å². The lowest BCUT2D eigenvalue weighted by molar-refractivity contribution is -0.0517. The maximum atomic E-state index is 12.0. The van der Waals surface area contributed by atoms with Gasteiger partial charge in [0, 0.05) is 25.4 Å². The van der Waals surface area contributed by atoms with Gasteiger partial charge >= 0.3 is 6.09 Å². The maximum Gasteiger partial charge on any atom is 0.410 e. The molecule has 1 saturated carbocycles. The van der Waals surface area contributed by atoms with Gasteiger partial charge in [0.2, 0.25) is 0 Å². The average molecular weight is 385 g/mol. The molecule has 0 saturated heterocycles. The molecule has 1 aliphatic heterocycles. The molecule has 2 aliphatic rings. The molecular weight excluding hydrogens is 348 g/mol. The largest absolute Gasteiger partial charge is 0.444 e. The Bertz CT molecular complexity index is 480. The van der Waals surface area contributed by atoms with Gasteiger partial charge in [0.15, 0.2) is 0 Å². The van der Waals surface area contributed by atoms with Gasteiger partial charge in [0.25, 0.3) is 0 Å². The first kappa shape index (κ1) is 22.9. The highest BCUT2D eigenvalue weighted by molar-refractivity contribution is 7.79. The van der Waals surface area contributed by atoms with Crippen LogP contribution in [-0.4, -0.2) is 48.7 Å². The fourth-order valence-corrected chi connectivity index (χ4v) is 2.82. The number of dihydropyridines is 1. The Balaban J connectivity index is 0.00000163. The van der Waals surface area contributed by atoms with Crippen molar-refractivity contribution in [1.29, 1.82) is 0 Å². The Kier molecular flexibility index (Phi) is 10.2. The molecule has 6 heteroatoms. The van der Waals surface area contributed by atoms with Crippen LogP contribution in [0, 0.1) is 0 Å². The summed E-state index contributed by atoms with van der Waals surface area (Å²) in [6.07, 6.45) is 14.3. The number of nitrogens with zero attached hydrogens (tertiary/aromatic N) is 1. The molecule has 150 valence electrons. The van der Waals surface area contributed by atoms with E-state index < -0.39 is 5.60 Å². The summed E-state index contributed by atoms with van der Waals surface area (Å²) >= 11 is 3.53. The zero-order chi connectivity index (χ0) is 19.6. The van der Waals surface area contributed by atoms with E-state index in [2.05, 4.69) is 30.1 Å². The number of rotatable bonds is 7. The van der Waals surface area contributed by atoms with Crippen LogP contribution in [0.5, 0.6) is 0 Å². The van der Waals surface area contributed by atoms with Gasteiger partial charge in [0.05, 0.1) is 6.10 Å². The molecule has 5 nitrogen and oxygen atoms in total. The zero-order valence-corrected chi connectivity index (χ0v) is 17.9. The lowest BCUT2D eigenvalue weighted by Crippen LogP contribution is -2.50. The number of hydrogen-bond donors (Lipinski definition) is 2. The summed E-state index contributed by atoms with van der Waals surface area (Å²) in [5, 5.41) is 3.28. The molecule has 0 atom stereocenters. The molecule has 1 N–H and O–H groups in total. The average Bonchev–Trinajstić information content (AvgIpc) is 2.57. The highest BCUT2D eigenvalue weighted by Crippen LogP contribution is 2.28. The molecule has 0 radical (unpaired) electrons. The van der Waals surface area contributed by atoms with Crippen LogP contribution in [0.1, 0.15) is 59.3 Å². The van der Waals surface area contributed by atoms with Crippen molar-refractivity contribution in [2.45, 2.75) is 77.0 Å². The third-order valence-electron chi connectivity index (χ3n) is 4.38. The molecule has 0 aromatic heterocycles. The van der Waals surface area contributed by atoms with E-state index in [9.17, 15) is 4.79 Å². The second-order valence-corrected chi connectivity index (χ2v) is 7.68. The molecule has 1 aliphatic carbocycles. The molecule has 0 spiro atoms. The third-order valence-corrected chi connectivity index (χ3v) is 4.38. The summed E-state index contributed by atoms with van der Waals surface area (Å²) in [5.41, 5.74) is 0.879. The lowest BCUT2D eigenvalue weighted by Gasteiger charge is -2.41. The highest BCUT2D eigenvalue weighted by atomic mass is 32.1. The van der Waals surface area contributed by atoms with Crippen LogP contribution in [-0.2, 0) is 9.47 Å². The molecular formula is C20H36N2O3S. The van der Waals surface area contributed by atoms with Crippen LogP contribution in [0.4, 0.5) is 4.79 Å². The van der Waals surface area contributed by atoms with Crippen molar-refractivity contribution >= 4 is 18.7 Å². The molecule has 1 fully saturated rings. The summed E-state index contributed by atoms with van der Waals surface area (Å²) < 4.78 is 11.3. The standard InChI is InChI=1S/C19H32N2O3.CH4S/c1-19(2,3)24-18(22)21(4)16-13-17(14-16)23-12-8-6-10-15-9-5-7-11-20-15;1-2/h7,9,11,16-17,20H,5-6,8,10,12-14H2,1-4H3;2H,1H3. The van der Waals surface area contributed by atoms with Gasteiger partial charge in [0.1, 0.15) is 5.60 Å². The van der Waals surface area contributed by atoms with Crippen molar-refractivity contribution in [2.24, 2.45) is 0 Å². The number of carbonyl (C=O) groups excluding carboxylic acids is 1. The summed E-state index contributed by atoms with van der Waals surface area (Å²) in [4.78, 5) is 13.7. The van der Waals surface area contributed by atoms with Crippen LogP contribution >= 0.6 is 12.6 Å². The molecule has 0 unspecified atom stereocenters. The molecule has 26 heavy (non-hydrogen) atoms. The Labute approximate surface area is 164 Å². The number of hydrogen-bond acceptors (Lipinski definition) is 5. The molecule has 1 amide bonds. The smallest absolute Gasteiger partial charge is 0.410 e. The summed E-state index contributed by atoms with van der Waals surface area (Å²) in [6, 6.07) is 0.244. The van der Waals surface area contributed by atoms with E-state index in [1.807, 2.05) is 34.0 Å². The minimum atomic E-state index is -0.441. The molecule has 0 aromatic rings. The van der Waals surface area contributed by atoms with Crippen molar-refractivity contribution in [3.63, 3.8) is 0 Å². The van der Waals surface area contributed by atoms with Gasteiger partial charge in [-0.05, 0) is 71.8 Å².